The van der Waals surface area contributed by atoms with Gasteiger partial charge in [0.2, 0.25) is 0 Å². The number of halogens is 2. The Hall–Kier alpha value is -4.84. The Morgan fingerprint density at radius 1 is 1.02 bits per heavy atom. The lowest BCUT2D eigenvalue weighted by Gasteiger charge is -2.34. The molecule has 0 saturated carbocycles. The van der Waals surface area contributed by atoms with Crippen molar-refractivity contribution in [3.8, 4) is 17.0 Å². The monoisotopic (exact) mass is 558 g/mol. The SMILES string of the molecule is Cc1cc(Nc2nccn3c(-c4ccc(OC(F)F)cc4)cnc23)ccc1CN1CCN(C(=O)n2ccnc2)CC1. The fourth-order valence-corrected chi connectivity index (χ4v) is 4.99. The number of imidazole rings is 2. The first-order valence-electron chi connectivity index (χ1n) is 13.2. The number of fused-ring (bicyclic) bond motifs is 1. The summed E-state index contributed by atoms with van der Waals surface area (Å²) in [5.41, 5.74) is 5.50. The van der Waals surface area contributed by atoms with E-state index in [2.05, 4.69) is 49.0 Å². The van der Waals surface area contributed by atoms with Crippen LogP contribution in [-0.2, 0) is 6.54 Å². The molecule has 1 aliphatic rings. The van der Waals surface area contributed by atoms with Gasteiger partial charge in [-0.15, -0.1) is 0 Å². The summed E-state index contributed by atoms with van der Waals surface area (Å²) in [6.45, 7) is 2.97. The highest BCUT2D eigenvalue weighted by molar-refractivity contribution is 5.77. The van der Waals surface area contributed by atoms with Crippen molar-refractivity contribution in [2.45, 2.75) is 20.1 Å². The predicted molar refractivity (Wildman–Crippen MR) is 149 cm³/mol. The number of nitrogens with zero attached hydrogens (tertiary/aromatic N) is 7. The number of carbonyl (C=O) groups is 1. The number of hydrogen-bond donors (Lipinski definition) is 1. The number of amides is 1. The molecule has 0 unspecified atom stereocenters. The van der Waals surface area contributed by atoms with Gasteiger partial charge in [0.1, 0.15) is 12.1 Å². The van der Waals surface area contributed by atoms with Crippen LogP contribution in [0.15, 0.2) is 79.8 Å². The number of aryl methyl sites for hydroxylation is 1. The standard InChI is InChI=1S/C29H28F2N8O2/c1-20-16-23(5-2-22(20)18-36-12-14-37(15-13-36)29(40)38-10-8-32-19-38)35-26-27-34-17-25(39(27)11-9-33-26)21-3-6-24(7-4-21)41-28(30)31/h2-11,16-17,19,28H,12-15,18H2,1H3,(H,33,35). The second kappa shape index (κ2) is 11.3. The van der Waals surface area contributed by atoms with Crippen molar-refractivity contribution in [2.24, 2.45) is 0 Å². The molecule has 0 spiro atoms. The zero-order valence-corrected chi connectivity index (χ0v) is 22.3. The van der Waals surface area contributed by atoms with E-state index in [0.29, 0.717) is 24.6 Å². The summed E-state index contributed by atoms with van der Waals surface area (Å²) < 4.78 is 32.8. The lowest BCUT2D eigenvalue weighted by molar-refractivity contribution is -0.0498. The molecule has 0 radical (unpaired) electrons. The van der Waals surface area contributed by atoms with Gasteiger partial charge in [-0.1, -0.05) is 6.07 Å². The molecule has 0 aliphatic carbocycles. The Morgan fingerprint density at radius 3 is 2.54 bits per heavy atom. The molecule has 10 nitrogen and oxygen atoms in total. The third-order valence-electron chi connectivity index (χ3n) is 7.17. The lowest BCUT2D eigenvalue weighted by Crippen LogP contribution is -2.49. The van der Waals surface area contributed by atoms with Crippen LogP contribution in [0.3, 0.4) is 0 Å². The van der Waals surface area contributed by atoms with E-state index in [1.54, 1.807) is 36.9 Å². The van der Waals surface area contributed by atoms with Gasteiger partial charge in [-0.05, 0) is 54.4 Å². The second-order valence-corrected chi connectivity index (χ2v) is 9.80. The molecule has 3 aromatic heterocycles. The van der Waals surface area contributed by atoms with E-state index < -0.39 is 6.61 Å². The minimum atomic E-state index is -2.87. The Bertz CT molecular complexity index is 1650. The largest absolute Gasteiger partial charge is 0.435 e. The average molecular weight is 559 g/mol. The maximum atomic E-state index is 12.6. The summed E-state index contributed by atoms with van der Waals surface area (Å²) in [5.74, 6) is 0.700. The van der Waals surface area contributed by atoms with E-state index >= 15 is 0 Å². The number of anilines is 2. The number of hydrogen-bond acceptors (Lipinski definition) is 7. The summed E-state index contributed by atoms with van der Waals surface area (Å²) in [7, 11) is 0. The van der Waals surface area contributed by atoms with Gasteiger partial charge in [0.25, 0.3) is 0 Å². The van der Waals surface area contributed by atoms with Gasteiger partial charge < -0.3 is 15.0 Å². The average Bonchev–Trinajstić information content (AvgIpc) is 3.66. The van der Waals surface area contributed by atoms with Gasteiger partial charge >= 0.3 is 12.6 Å². The van der Waals surface area contributed by atoms with Gasteiger partial charge in [-0.2, -0.15) is 8.78 Å². The molecule has 0 bridgehead atoms. The topological polar surface area (TPSA) is 92.8 Å². The van der Waals surface area contributed by atoms with Crippen LogP contribution in [0.5, 0.6) is 5.75 Å². The summed E-state index contributed by atoms with van der Waals surface area (Å²) in [5, 5.41) is 3.38. The van der Waals surface area contributed by atoms with Crippen molar-refractivity contribution >= 4 is 23.2 Å². The number of nitrogens with one attached hydrogen (secondary N) is 1. The van der Waals surface area contributed by atoms with Crippen molar-refractivity contribution in [2.75, 3.05) is 31.5 Å². The number of carbonyl (C=O) groups excluding carboxylic acids is 1. The predicted octanol–water partition coefficient (Wildman–Crippen LogP) is 5.03. The molecular formula is C29H28F2N8O2. The summed E-state index contributed by atoms with van der Waals surface area (Å²) in [4.78, 5) is 29.8. The van der Waals surface area contributed by atoms with Crippen LogP contribution >= 0.6 is 0 Å². The third-order valence-corrected chi connectivity index (χ3v) is 7.17. The van der Waals surface area contributed by atoms with E-state index in [1.807, 2.05) is 21.6 Å². The van der Waals surface area contributed by atoms with E-state index in [9.17, 15) is 13.6 Å². The van der Waals surface area contributed by atoms with E-state index in [0.717, 1.165) is 42.1 Å². The maximum absolute atomic E-state index is 12.6. The molecular weight excluding hydrogens is 530 g/mol. The molecule has 2 aromatic carbocycles. The van der Waals surface area contributed by atoms with Crippen LogP contribution in [0.25, 0.3) is 16.9 Å². The van der Waals surface area contributed by atoms with Gasteiger partial charge in [0.15, 0.2) is 11.5 Å². The summed E-state index contributed by atoms with van der Waals surface area (Å²) in [6.07, 6.45) is 10.0. The van der Waals surface area contributed by atoms with Crippen molar-refractivity contribution < 1.29 is 18.3 Å². The molecule has 4 heterocycles. The van der Waals surface area contributed by atoms with Crippen molar-refractivity contribution in [3.05, 3.63) is 90.9 Å². The zero-order valence-electron chi connectivity index (χ0n) is 22.3. The molecule has 1 saturated heterocycles. The van der Waals surface area contributed by atoms with Crippen LogP contribution in [0.2, 0.25) is 0 Å². The normalized spacial score (nSPS) is 14.1. The van der Waals surface area contributed by atoms with Gasteiger partial charge in [0, 0.05) is 68.8 Å². The minimum absolute atomic E-state index is 0.0423. The smallest absolute Gasteiger partial charge is 0.387 e. The van der Waals surface area contributed by atoms with Crippen LogP contribution in [0.1, 0.15) is 11.1 Å². The zero-order chi connectivity index (χ0) is 28.3. The van der Waals surface area contributed by atoms with Crippen LogP contribution < -0.4 is 10.1 Å². The third kappa shape index (κ3) is 5.73. The lowest BCUT2D eigenvalue weighted by atomic mass is 10.1. The fourth-order valence-electron chi connectivity index (χ4n) is 4.99. The number of piperazine rings is 1. The molecule has 5 aromatic rings. The molecule has 1 fully saturated rings. The van der Waals surface area contributed by atoms with Gasteiger partial charge in [0.05, 0.1) is 11.9 Å². The molecule has 1 aliphatic heterocycles. The Balaban J connectivity index is 1.11. The number of aromatic nitrogens is 5. The number of alkyl halides is 2. The van der Waals surface area contributed by atoms with Crippen molar-refractivity contribution in [1.29, 1.82) is 0 Å². The van der Waals surface area contributed by atoms with Crippen molar-refractivity contribution in [3.63, 3.8) is 0 Å². The van der Waals surface area contributed by atoms with Crippen LogP contribution in [0.4, 0.5) is 25.1 Å². The Kier molecular flexibility index (Phi) is 7.30. The second-order valence-electron chi connectivity index (χ2n) is 9.80. The maximum Gasteiger partial charge on any atom is 0.387 e. The Morgan fingerprint density at radius 2 is 1.83 bits per heavy atom. The molecule has 210 valence electrons. The van der Waals surface area contributed by atoms with Crippen LogP contribution in [0, 0.1) is 6.92 Å². The summed E-state index contributed by atoms with van der Waals surface area (Å²) in [6, 6.07) is 12.6. The first-order chi connectivity index (χ1) is 19.9. The van der Waals surface area contributed by atoms with E-state index in [1.165, 1.54) is 28.6 Å². The van der Waals surface area contributed by atoms with Gasteiger partial charge in [-0.3, -0.25) is 13.9 Å². The highest BCUT2D eigenvalue weighted by Gasteiger charge is 2.22. The van der Waals surface area contributed by atoms with E-state index in [4.69, 9.17) is 0 Å². The molecule has 0 atom stereocenters. The molecule has 1 amide bonds. The van der Waals surface area contributed by atoms with Crippen molar-refractivity contribution in [1.82, 2.24) is 33.7 Å². The highest BCUT2D eigenvalue weighted by Crippen LogP contribution is 2.28. The van der Waals surface area contributed by atoms with Gasteiger partial charge in [-0.25, -0.2) is 19.7 Å². The summed E-state index contributed by atoms with van der Waals surface area (Å²) >= 11 is 0. The number of rotatable bonds is 7. The molecule has 12 heteroatoms. The van der Waals surface area contributed by atoms with E-state index in [-0.39, 0.29) is 11.8 Å². The first kappa shape index (κ1) is 26.4. The number of benzene rings is 2. The molecule has 1 N–H and O–H groups in total. The minimum Gasteiger partial charge on any atom is -0.435 e. The fraction of sp³-hybridized carbons (Fsp3) is 0.241. The number of ether oxygens (including phenoxy) is 1. The molecule has 41 heavy (non-hydrogen) atoms. The molecule has 6 rings (SSSR count). The Labute approximate surface area is 234 Å². The van der Waals surface area contributed by atoms with Crippen LogP contribution in [-0.4, -0.2) is 72.5 Å². The quantitative estimate of drug-likeness (QED) is 0.300. The highest BCUT2D eigenvalue weighted by atomic mass is 19.3. The first-order valence-corrected chi connectivity index (χ1v) is 13.2.